The molecule has 0 fully saturated rings. The lowest BCUT2D eigenvalue weighted by atomic mass is 9.71. The van der Waals surface area contributed by atoms with Crippen LogP contribution in [0.4, 0.5) is 0 Å². The van der Waals surface area contributed by atoms with Gasteiger partial charge in [-0.15, -0.1) is 0 Å². The van der Waals surface area contributed by atoms with Crippen molar-refractivity contribution in [2.75, 3.05) is 0 Å². The van der Waals surface area contributed by atoms with E-state index < -0.39 is 5.60 Å². The van der Waals surface area contributed by atoms with Crippen LogP contribution in [-0.4, -0.2) is 21.9 Å². The summed E-state index contributed by atoms with van der Waals surface area (Å²) in [5.41, 5.74) is 7.86. The van der Waals surface area contributed by atoms with Crippen LogP contribution in [-0.2, 0) is 0 Å². The van der Waals surface area contributed by atoms with Crippen LogP contribution in [0.3, 0.4) is 0 Å². The van der Waals surface area contributed by atoms with Gasteiger partial charge in [-0.3, -0.25) is 0 Å². The minimum Gasteiger partial charge on any atom is -0.393 e. The van der Waals surface area contributed by atoms with Crippen LogP contribution < -0.4 is 0 Å². The molecule has 1 aliphatic carbocycles. The van der Waals surface area contributed by atoms with E-state index in [1.807, 2.05) is 26.0 Å². The average Bonchev–Trinajstić information content (AvgIpc) is 2.84. The van der Waals surface area contributed by atoms with Crippen LogP contribution >= 0.6 is 0 Å². The SMILES string of the molecule is CC(C=CC=C(C)C=CC=C(C)C=CCC(C)(C)O)=CC=CC=C(C)C=CC=C(C)C=CC1=C(C)CC(O)CC1(C)C. The zero-order valence-electron chi connectivity index (χ0n) is 27.9. The Balaban J connectivity index is 2.61. The van der Waals surface area contributed by atoms with E-state index in [1.165, 1.54) is 33.4 Å². The van der Waals surface area contributed by atoms with Gasteiger partial charge in [0.1, 0.15) is 0 Å². The second-order valence-corrected chi connectivity index (χ2v) is 12.9. The molecule has 42 heavy (non-hydrogen) atoms. The molecule has 0 heterocycles. The molecule has 0 aliphatic heterocycles. The monoisotopic (exact) mass is 568 g/mol. The molecule has 0 spiro atoms. The summed E-state index contributed by atoms with van der Waals surface area (Å²) in [6, 6.07) is 0. The van der Waals surface area contributed by atoms with Crippen LogP contribution in [0.2, 0.25) is 0 Å². The molecule has 0 saturated carbocycles. The van der Waals surface area contributed by atoms with Gasteiger partial charge < -0.3 is 10.2 Å². The topological polar surface area (TPSA) is 40.5 Å². The molecule has 0 aromatic carbocycles. The molecule has 0 bridgehead atoms. The summed E-state index contributed by atoms with van der Waals surface area (Å²) in [6.07, 6.45) is 37.6. The number of aliphatic hydroxyl groups excluding tert-OH is 1. The lowest BCUT2D eigenvalue weighted by Gasteiger charge is -2.35. The Hall–Kier alpha value is -3.20. The van der Waals surface area contributed by atoms with Crippen LogP contribution in [0, 0.1) is 5.41 Å². The third-order valence-electron chi connectivity index (χ3n) is 6.97. The highest BCUT2D eigenvalue weighted by Gasteiger charge is 2.31. The fourth-order valence-electron chi connectivity index (χ4n) is 4.68. The molecule has 0 amide bonds. The standard InChI is InChI=1S/C40H56O2/c1-31(19-13-21-33(3)22-14-23-34(4)25-16-28-40(9,10)42)17-11-12-18-32(2)20-15-24-35(5)26-27-38-36(6)29-37(41)30-39(38,7)8/h11-27,37,41-42H,28-30H2,1-10H3. The maximum atomic E-state index is 10.1. The molecule has 0 aromatic rings. The Morgan fingerprint density at radius 3 is 1.55 bits per heavy atom. The first kappa shape index (κ1) is 36.8. The first-order valence-corrected chi connectivity index (χ1v) is 15.1. The minimum atomic E-state index is -0.666. The predicted octanol–water partition coefficient (Wildman–Crippen LogP) is 10.7. The van der Waals surface area contributed by atoms with Crippen molar-refractivity contribution < 1.29 is 10.2 Å². The van der Waals surface area contributed by atoms with Crippen LogP contribution in [0.25, 0.3) is 0 Å². The van der Waals surface area contributed by atoms with E-state index >= 15 is 0 Å². The fraction of sp³-hybridized carbons (Fsp3) is 0.400. The van der Waals surface area contributed by atoms with E-state index in [9.17, 15) is 10.2 Å². The molecule has 0 radical (unpaired) electrons. The normalized spacial score (nSPS) is 20.8. The van der Waals surface area contributed by atoms with Gasteiger partial charge in [-0.2, -0.15) is 0 Å². The largest absolute Gasteiger partial charge is 0.393 e. The number of aliphatic hydroxyl groups is 2. The van der Waals surface area contributed by atoms with E-state index in [1.54, 1.807) is 0 Å². The molecule has 2 nitrogen and oxygen atoms in total. The Morgan fingerprint density at radius 1 is 0.714 bits per heavy atom. The van der Waals surface area contributed by atoms with E-state index in [-0.39, 0.29) is 11.5 Å². The Kier molecular flexibility index (Phi) is 16.1. The molecule has 1 rings (SSSR count). The summed E-state index contributed by atoms with van der Waals surface area (Å²) in [7, 11) is 0. The van der Waals surface area contributed by atoms with Crippen molar-refractivity contribution in [1.29, 1.82) is 0 Å². The number of hydrogen-bond acceptors (Lipinski definition) is 2. The summed E-state index contributed by atoms with van der Waals surface area (Å²) < 4.78 is 0. The molecular formula is C40H56O2. The van der Waals surface area contributed by atoms with Crippen molar-refractivity contribution in [2.45, 2.75) is 100 Å². The second-order valence-electron chi connectivity index (χ2n) is 12.9. The third-order valence-corrected chi connectivity index (χ3v) is 6.97. The van der Waals surface area contributed by atoms with Gasteiger partial charge >= 0.3 is 0 Å². The van der Waals surface area contributed by atoms with Crippen molar-refractivity contribution in [3.05, 3.63) is 142 Å². The maximum Gasteiger partial charge on any atom is 0.0626 e. The lowest BCUT2D eigenvalue weighted by Crippen LogP contribution is -2.28. The van der Waals surface area contributed by atoms with Gasteiger partial charge in [0.15, 0.2) is 0 Å². The second kappa shape index (κ2) is 18.4. The Bertz CT molecular complexity index is 1250. The van der Waals surface area contributed by atoms with Crippen LogP contribution in [0.15, 0.2) is 142 Å². The smallest absolute Gasteiger partial charge is 0.0626 e. The Morgan fingerprint density at radius 2 is 1.12 bits per heavy atom. The van der Waals surface area contributed by atoms with E-state index in [4.69, 9.17) is 0 Å². The molecule has 0 saturated heterocycles. The van der Waals surface area contributed by atoms with Crippen molar-refractivity contribution in [3.8, 4) is 0 Å². The van der Waals surface area contributed by atoms with Gasteiger partial charge in [-0.05, 0) is 85.6 Å². The number of hydrogen-bond donors (Lipinski definition) is 2. The molecule has 2 heteroatoms. The van der Waals surface area contributed by atoms with Gasteiger partial charge in [0, 0.05) is 0 Å². The van der Waals surface area contributed by atoms with E-state index in [2.05, 4.69) is 147 Å². The Labute approximate surface area is 257 Å². The quantitative estimate of drug-likeness (QED) is 0.217. The highest BCUT2D eigenvalue weighted by Crippen LogP contribution is 2.41. The summed E-state index contributed by atoms with van der Waals surface area (Å²) in [4.78, 5) is 0. The van der Waals surface area contributed by atoms with Crippen molar-refractivity contribution in [2.24, 2.45) is 5.41 Å². The number of allylic oxidation sites excluding steroid dienone is 22. The summed E-state index contributed by atoms with van der Waals surface area (Å²) >= 11 is 0. The van der Waals surface area contributed by atoms with Gasteiger partial charge in [-0.25, -0.2) is 0 Å². The average molecular weight is 569 g/mol. The van der Waals surface area contributed by atoms with Gasteiger partial charge in [-0.1, -0.05) is 151 Å². The van der Waals surface area contributed by atoms with Gasteiger partial charge in [0.2, 0.25) is 0 Å². The molecular weight excluding hydrogens is 512 g/mol. The summed E-state index contributed by atoms with van der Waals surface area (Å²) in [5, 5.41) is 19.9. The lowest BCUT2D eigenvalue weighted by molar-refractivity contribution is 0.0839. The molecule has 2 N–H and O–H groups in total. The fourth-order valence-corrected chi connectivity index (χ4v) is 4.68. The van der Waals surface area contributed by atoms with E-state index in [0.717, 1.165) is 18.4 Å². The molecule has 0 aromatic heterocycles. The molecule has 1 atom stereocenters. The van der Waals surface area contributed by atoms with E-state index in [0.29, 0.717) is 6.42 Å². The minimum absolute atomic E-state index is 0.00454. The van der Waals surface area contributed by atoms with Crippen LogP contribution in [0.5, 0.6) is 0 Å². The highest BCUT2D eigenvalue weighted by molar-refractivity contribution is 5.38. The molecule has 1 unspecified atom stereocenters. The molecule has 228 valence electrons. The number of rotatable bonds is 13. The zero-order chi connectivity index (χ0) is 31.8. The maximum absolute atomic E-state index is 10.1. The predicted molar refractivity (Wildman–Crippen MR) is 186 cm³/mol. The first-order valence-electron chi connectivity index (χ1n) is 15.1. The van der Waals surface area contributed by atoms with Crippen LogP contribution in [0.1, 0.15) is 88.5 Å². The molecule has 1 aliphatic rings. The zero-order valence-corrected chi connectivity index (χ0v) is 27.9. The summed E-state index contributed by atoms with van der Waals surface area (Å²) in [5.74, 6) is 0. The van der Waals surface area contributed by atoms with Gasteiger partial charge in [0.25, 0.3) is 0 Å². The van der Waals surface area contributed by atoms with Crippen molar-refractivity contribution in [1.82, 2.24) is 0 Å². The highest BCUT2D eigenvalue weighted by atomic mass is 16.3. The summed E-state index contributed by atoms with van der Waals surface area (Å²) in [6.45, 7) is 20.7. The third kappa shape index (κ3) is 16.9. The first-order chi connectivity index (χ1) is 19.6. The van der Waals surface area contributed by atoms with Crippen molar-refractivity contribution in [3.63, 3.8) is 0 Å². The van der Waals surface area contributed by atoms with Crippen molar-refractivity contribution >= 4 is 0 Å². The van der Waals surface area contributed by atoms with Gasteiger partial charge in [0.05, 0.1) is 11.7 Å².